The zero-order valence-electron chi connectivity index (χ0n) is 7.20. The Kier molecular flexibility index (Phi) is 6.12. The van der Waals surface area contributed by atoms with Crippen LogP contribution >= 0.6 is 23.2 Å². The number of alkyl halides is 2. The maximum atomic E-state index is 10.4. The molecule has 3 nitrogen and oxygen atoms in total. The number of allylic oxidation sites excluding steroid dienone is 1. The molecule has 0 aromatic rings. The van der Waals surface area contributed by atoms with E-state index >= 15 is 0 Å². The van der Waals surface area contributed by atoms with Gasteiger partial charge in [0.05, 0.1) is 17.4 Å². The van der Waals surface area contributed by atoms with E-state index in [4.69, 9.17) is 33.4 Å². The zero-order chi connectivity index (χ0) is 10.4. The van der Waals surface area contributed by atoms with Crippen LogP contribution in [0.25, 0.3) is 0 Å². The third-order valence-electron chi connectivity index (χ3n) is 1.55. The lowest BCUT2D eigenvalue weighted by atomic mass is 10.2. The Bertz CT molecular complexity index is 204. The van der Waals surface area contributed by atoms with Crippen molar-refractivity contribution in [2.45, 2.75) is 24.1 Å². The van der Waals surface area contributed by atoms with Crippen molar-refractivity contribution in [2.75, 3.05) is 6.61 Å². The van der Waals surface area contributed by atoms with Gasteiger partial charge in [0.2, 0.25) is 0 Å². The van der Waals surface area contributed by atoms with Crippen LogP contribution < -0.4 is 0 Å². The number of aliphatic hydroxyl groups excluding tert-OH is 1. The molecule has 2 N–H and O–H groups in total. The number of hydrogen-bond donors (Lipinski definition) is 2. The molecule has 0 aliphatic carbocycles. The van der Waals surface area contributed by atoms with Gasteiger partial charge in [0.15, 0.2) is 0 Å². The molecule has 0 radical (unpaired) electrons. The van der Waals surface area contributed by atoms with E-state index < -0.39 is 16.7 Å². The summed E-state index contributed by atoms with van der Waals surface area (Å²) in [7, 11) is 0. The zero-order valence-corrected chi connectivity index (χ0v) is 8.72. The highest BCUT2D eigenvalue weighted by molar-refractivity contribution is 6.30. The summed E-state index contributed by atoms with van der Waals surface area (Å²) >= 11 is 11.4. The second-order valence-electron chi connectivity index (χ2n) is 2.64. The van der Waals surface area contributed by atoms with Crippen LogP contribution in [0.5, 0.6) is 0 Å². The van der Waals surface area contributed by atoms with E-state index in [0.29, 0.717) is 6.42 Å². The lowest BCUT2D eigenvalue weighted by Crippen LogP contribution is -2.18. The highest BCUT2D eigenvalue weighted by atomic mass is 35.5. The van der Waals surface area contributed by atoms with Crippen molar-refractivity contribution in [1.29, 1.82) is 0 Å². The largest absolute Gasteiger partial charge is 0.478 e. The second-order valence-corrected chi connectivity index (χ2v) is 3.76. The molecule has 0 fully saturated rings. The Balaban J connectivity index is 4.00. The van der Waals surface area contributed by atoms with E-state index in [0.717, 1.165) is 0 Å². The number of aliphatic hydroxyl groups is 1. The summed E-state index contributed by atoms with van der Waals surface area (Å²) in [5, 5.41) is 16.1. The first-order valence-electron chi connectivity index (χ1n) is 3.78. The molecule has 13 heavy (non-hydrogen) atoms. The first-order valence-corrected chi connectivity index (χ1v) is 4.65. The van der Waals surface area contributed by atoms with E-state index in [1.165, 1.54) is 13.0 Å². The Morgan fingerprint density at radius 1 is 1.46 bits per heavy atom. The molecule has 0 aromatic heterocycles. The average molecular weight is 227 g/mol. The molecule has 0 rings (SSSR count). The molecule has 0 amide bonds. The van der Waals surface area contributed by atoms with Crippen LogP contribution in [0.2, 0.25) is 0 Å². The number of halogens is 2. The fraction of sp³-hybridized carbons (Fsp3) is 0.625. The molecule has 0 aliphatic heterocycles. The van der Waals surface area contributed by atoms with Gasteiger partial charge in [0.25, 0.3) is 0 Å². The number of carboxylic acids is 1. The number of rotatable bonds is 5. The van der Waals surface area contributed by atoms with Gasteiger partial charge >= 0.3 is 5.97 Å². The van der Waals surface area contributed by atoms with Gasteiger partial charge in [-0.25, -0.2) is 4.79 Å². The molecule has 0 saturated carbocycles. The molecule has 0 spiro atoms. The van der Waals surface area contributed by atoms with Gasteiger partial charge in [0, 0.05) is 5.57 Å². The van der Waals surface area contributed by atoms with Crippen molar-refractivity contribution in [1.82, 2.24) is 0 Å². The standard InChI is InChI=1S/C8H12Cl2O3/c1-5(8(12)13)2-3-6(9)7(10)4-11/h2,6-7,11H,3-4H2,1H3,(H,12,13). The van der Waals surface area contributed by atoms with Crippen molar-refractivity contribution in [2.24, 2.45) is 0 Å². The highest BCUT2D eigenvalue weighted by Crippen LogP contribution is 2.14. The van der Waals surface area contributed by atoms with E-state index in [2.05, 4.69) is 0 Å². The predicted octanol–water partition coefficient (Wildman–Crippen LogP) is 1.61. The lowest BCUT2D eigenvalue weighted by Gasteiger charge is -2.10. The van der Waals surface area contributed by atoms with E-state index in [1.807, 2.05) is 0 Å². The first kappa shape index (κ1) is 12.8. The number of aliphatic carboxylic acids is 1. The molecule has 0 aliphatic rings. The monoisotopic (exact) mass is 226 g/mol. The van der Waals surface area contributed by atoms with Crippen LogP contribution in [0.3, 0.4) is 0 Å². The number of carbonyl (C=O) groups is 1. The SMILES string of the molecule is CC(=CCC(Cl)C(Cl)CO)C(=O)O. The Labute approximate surface area is 87.0 Å². The summed E-state index contributed by atoms with van der Waals surface area (Å²) in [6, 6.07) is 0. The first-order chi connectivity index (χ1) is 5.99. The van der Waals surface area contributed by atoms with Crippen LogP contribution in [0, 0.1) is 0 Å². The van der Waals surface area contributed by atoms with E-state index in [9.17, 15) is 4.79 Å². The summed E-state index contributed by atoms with van der Waals surface area (Å²) in [6.07, 6.45) is 1.83. The van der Waals surface area contributed by atoms with Gasteiger partial charge in [0.1, 0.15) is 0 Å². The average Bonchev–Trinajstić information content (AvgIpc) is 2.11. The van der Waals surface area contributed by atoms with E-state index in [1.54, 1.807) is 0 Å². The summed E-state index contributed by atoms with van der Waals surface area (Å²) in [5.74, 6) is -0.973. The summed E-state index contributed by atoms with van der Waals surface area (Å²) in [5.41, 5.74) is 0.229. The normalized spacial score (nSPS) is 16.8. The van der Waals surface area contributed by atoms with Crippen LogP contribution in [-0.4, -0.2) is 33.5 Å². The van der Waals surface area contributed by atoms with Crippen LogP contribution in [0.15, 0.2) is 11.6 Å². The van der Waals surface area contributed by atoms with Crippen molar-refractivity contribution >= 4 is 29.2 Å². The molecule has 0 aromatic carbocycles. The van der Waals surface area contributed by atoms with Crippen molar-refractivity contribution in [3.63, 3.8) is 0 Å². The molecular weight excluding hydrogens is 215 g/mol. The fourth-order valence-electron chi connectivity index (χ4n) is 0.639. The molecule has 0 heterocycles. The van der Waals surface area contributed by atoms with E-state index in [-0.39, 0.29) is 12.2 Å². The van der Waals surface area contributed by atoms with Gasteiger partial charge in [-0.3, -0.25) is 0 Å². The summed E-state index contributed by atoms with van der Waals surface area (Å²) in [6.45, 7) is 1.27. The highest BCUT2D eigenvalue weighted by Gasteiger charge is 2.14. The van der Waals surface area contributed by atoms with Crippen LogP contribution in [-0.2, 0) is 4.79 Å². The van der Waals surface area contributed by atoms with Gasteiger partial charge in [-0.2, -0.15) is 0 Å². The minimum Gasteiger partial charge on any atom is -0.478 e. The smallest absolute Gasteiger partial charge is 0.330 e. The van der Waals surface area contributed by atoms with Gasteiger partial charge in [-0.1, -0.05) is 6.08 Å². The van der Waals surface area contributed by atoms with Crippen LogP contribution in [0.4, 0.5) is 0 Å². The predicted molar refractivity (Wildman–Crippen MR) is 52.4 cm³/mol. The quantitative estimate of drug-likeness (QED) is 0.554. The van der Waals surface area contributed by atoms with Crippen molar-refractivity contribution in [3.8, 4) is 0 Å². The Hall–Kier alpha value is -0.250. The fourth-order valence-corrected chi connectivity index (χ4v) is 0.910. The maximum Gasteiger partial charge on any atom is 0.330 e. The summed E-state index contributed by atoms with van der Waals surface area (Å²) < 4.78 is 0. The van der Waals surface area contributed by atoms with Crippen molar-refractivity contribution in [3.05, 3.63) is 11.6 Å². The number of carboxylic acid groups (broad SMARTS) is 1. The molecule has 0 saturated heterocycles. The topological polar surface area (TPSA) is 57.5 Å². The molecule has 0 bridgehead atoms. The summed E-state index contributed by atoms with van der Waals surface area (Å²) in [4.78, 5) is 10.4. The number of hydrogen-bond acceptors (Lipinski definition) is 2. The van der Waals surface area contributed by atoms with Gasteiger partial charge in [-0.15, -0.1) is 23.2 Å². The molecule has 5 heteroatoms. The Morgan fingerprint density at radius 3 is 2.38 bits per heavy atom. The lowest BCUT2D eigenvalue weighted by molar-refractivity contribution is -0.132. The van der Waals surface area contributed by atoms with Gasteiger partial charge < -0.3 is 10.2 Å². The minimum atomic E-state index is -0.973. The third kappa shape index (κ3) is 5.13. The van der Waals surface area contributed by atoms with Crippen molar-refractivity contribution < 1.29 is 15.0 Å². The van der Waals surface area contributed by atoms with Crippen LogP contribution in [0.1, 0.15) is 13.3 Å². The third-order valence-corrected chi connectivity index (χ3v) is 2.61. The minimum absolute atomic E-state index is 0.213. The molecule has 2 atom stereocenters. The molecular formula is C8H12Cl2O3. The van der Waals surface area contributed by atoms with Gasteiger partial charge in [-0.05, 0) is 13.3 Å². The molecule has 76 valence electrons. The second kappa shape index (κ2) is 6.24. The Morgan fingerprint density at radius 2 is 2.00 bits per heavy atom. The molecule has 2 unspecified atom stereocenters. The maximum absolute atomic E-state index is 10.4.